The van der Waals surface area contributed by atoms with Crippen LogP contribution in [0.4, 0.5) is 0 Å². The van der Waals surface area contributed by atoms with Crippen molar-refractivity contribution in [1.29, 1.82) is 0 Å². The molecule has 0 radical (unpaired) electrons. The molecule has 0 spiro atoms. The number of aryl methyl sites for hydroxylation is 1. The molecular formula is C13H17ClO. The lowest BCUT2D eigenvalue weighted by Crippen LogP contribution is -2.30. The summed E-state index contributed by atoms with van der Waals surface area (Å²) in [5.74, 6) is 0.951. The summed E-state index contributed by atoms with van der Waals surface area (Å²) < 4.78 is 5.92. The van der Waals surface area contributed by atoms with Gasteiger partial charge in [-0.3, -0.25) is 0 Å². The Balaban J connectivity index is 2.01. The van der Waals surface area contributed by atoms with Crippen LogP contribution in [0.25, 0.3) is 0 Å². The van der Waals surface area contributed by atoms with Crippen molar-refractivity contribution in [1.82, 2.24) is 0 Å². The van der Waals surface area contributed by atoms with Crippen LogP contribution >= 0.6 is 11.6 Å². The van der Waals surface area contributed by atoms with Gasteiger partial charge in [0.15, 0.2) is 0 Å². The van der Waals surface area contributed by atoms with Crippen LogP contribution in [0.15, 0.2) is 24.3 Å². The van der Waals surface area contributed by atoms with Gasteiger partial charge in [-0.2, -0.15) is 0 Å². The van der Waals surface area contributed by atoms with Gasteiger partial charge in [0.05, 0.1) is 5.38 Å². The van der Waals surface area contributed by atoms with Gasteiger partial charge in [0, 0.05) is 0 Å². The molecule has 0 bridgehead atoms. The van der Waals surface area contributed by atoms with Crippen molar-refractivity contribution in [3.05, 3.63) is 29.8 Å². The Labute approximate surface area is 96.4 Å². The zero-order chi connectivity index (χ0) is 10.7. The number of rotatable bonds is 2. The highest BCUT2D eigenvalue weighted by Gasteiger charge is 2.24. The van der Waals surface area contributed by atoms with Crippen LogP contribution in [0.2, 0.25) is 0 Å². The Morgan fingerprint density at radius 2 is 2.07 bits per heavy atom. The van der Waals surface area contributed by atoms with Crippen molar-refractivity contribution >= 4 is 11.6 Å². The second-order valence-corrected chi connectivity index (χ2v) is 4.83. The van der Waals surface area contributed by atoms with E-state index in [1.54, 1.807) is 0 Å². The van der Waals surface area contributed by atoms with E-state index in [-0.39, 0.29) is 11.5 Å². The first-order valence-electron chi connectivity index (χ1n) is 5.63. The van der Waals surface area contributed by atoms with Crippen LogP contribution in [0.5, 0.6) is 5.75 Å². The Kier molecular flexibility index (Phi) is 3.53. The largest absolute Gasteiger partial charge is 0.489 e. The maximum Gasteiger partial charge on any atom is 0.120 e. The molecule has 2 atom stereocenters. The van der Waals surface area contributed by atoms with Gasteiger partial charge in [-0.1, -0.05) is 18.6 Å². The lowest BCUT2D eigenvalue weighted by Gasteiger charge is -2.27. The van der Waals surface area contributed by atoms with Gasteiger partial charge >= 0.3 is 0 Å². The Hall–Kier alpha value is -0.690. The van der Waals surface area contributed by atoms with E-state index in [2.05, 4.69) is 19.1 Å². The van der Waals surface area contributed by atoms with E-state index < -0.39 is 0 Å². The summed E-state index contributed by atoms with van der Waals surface area (Å²) in [6.45, 7) is 2.08. The molecule has 0 saturated heterocycles. The van der Waals surface area contributed by atoms with E-state index in [9.17, 15) is 0 Å². The van der Waals surface area contributed by atoms with E-state index in [0.717, 1.165) is 18.6 Å². The Bertz CT molecular complexity index is 324. The normalized spacial score (nSPS) is 26.3. The predicted molar refractivity (Wildman–Crippen MR) is 63.7 cm³/mol. The lowest BCUT2D eigenvalue weighted by atomic mass is 9.97. The number of alkyl halides is 1. The van der Waals surface area contributed by atoms with Crippen molar-refractivity contribution < 1.29 is 4.74 Å². The molecule has 82 valence electrons. The molecule has 1 aromatic carbocycles. The first-order chi connectivity index (χ1) is 7.25. The van der Waals surface area contributed by atoms with Crippen LogP contribution in [-0.4, -0.2) is 11.5 Å². The zero-order valence-corrected chi connectivity index (χ0v) is 9.83. The van der Waals surface area contributed by atoms with Gasteiger partial charge < -0.3 is 4.74 Å². The topological polar surface area (TPSA) is 9.23 Å². The molecule has 0 heterocycles. The van der Waals surface area contributed by atoms with Crippen LogP contribution in [0.1, 0.15) is 31.2 Å². The van der Waals surface area contributed by atoms with E-state index in [4.69, 9.17) is 16.3 Å². The first kappa shape index (κ1) is 10.8. The van der Waals surface area contributed by atoms with Gasteiger partial charge in [-0.15, -0.1) is 11.6 Å². The quantitative estimate of drug-likeness (QED) is 0.692. The summed E-state index contributed by atoms with van der Waals surface area (Å²) in [7, 11) is 0. The maximum absolute atomic E-state index is 6.25. The number of halogens is 1. The molecule has 1 aromatic rings. The van der Waals surface area contributed by atoms with E-state index in [0.29, 0.717) is 0 Å². The number of ether oxygens (including phenoxy) is 1. The highest BCUT2D eigenvalue weighted by atomic mass is 35.5. The highest BCUT2D eigenvalue weighted by Crippen LogP contribution is 2.27. The van der Waals surface area contributed by atoms with Crippen LogP contribution in [0.3, 0.4) is 0 Å². The molecule has 1 saturated carbocycles. The molecule has 0 aromatic heterocycles. The first-order valence-corrected chi connectivity index (χ1v) is 6.07. The van der Waals surface area contributed by atoms with Gasteiger partial charge in [0.1, 0.15) is 11.9 Å². The Morgan fingerprint density at radius 1 is 1.27 bits per heavy atom. The molecule has 0 unspecified atom stereocenters. The number of hydrogen-bond donors (Lipinski definition) is 0. The molecule has 0 amide bonds. The molecule has 15 heavy (non-hydrogen) atoms. The van der Waals surface area contributed by atoms with Gasteiger partial charge in [0.2, 0.25) is 0 Å². The molecule has 1 aliphatic carbocycles. The maximum atomic E-state index is 6.25. The summed E-state index contributed by atoms with van der Waals surface area (Å²) in [6, 6.07) is 8.17. The molecule has 1 aliphatic rings. The molecule has 2 rings (SSSR count). The smallest absolute Gasteiger partial charge is 0.120 e. The minimum atomic E-state index is 0.180. The molecule has 0 N–H and O–H groups in total. The molecule has 1 nitrogen and oxygen atoms in total. The third kappa shape index (κ3) is 2.88. The van der Waals surface area contributed by atoms with Crippen LogP contribution in [-0.2, 0) is 0 Å². The van der Waals surface area contributed by atoms with Crippen LogP contribution in [0, 0.1) is 6.92 Å². The van der Waals surface area contributed by atoms with Crippen molar-refractivity contribution in [2.24, 2.45) is 0 Å². The lowest BCUT2D eigenvalue weighted by molar-refractivity contribution is 0.159. The van der Waals surface area contributed by atoms with Gasteiger partial charge in [-0.25, -0.2) is 0 Å². The summed E-state index contributed by atoms with van der Waals surface area (Å²) >= 11 is 6.25. The fourth-order valence-corrected chi connectivity index (χ4v) is 2.38. The third-order valence-electron chi connectivity index (χ3n) is 2.90. The average molecular weight is 225 g/mol. The monoisotopic (exact) mass is 224 g/mol. The summed E-state index contributed by atoms with van der Waals surface area (Å²) in [4.78, 5) is 0. The Morgan fingerprint density at radius 3 is 2.80 bits per heavy atom. The van der Waals surface area contributed by atoms with E-state index >= 15 is 0 Å². The fraction of sp³-hybridized carbons (Fsp3) is 0.538. The average Bonchev–Trinajstić information content (AvgIpc) is 2.22. The summed E-state index contributed by atoms with van der Waals surface area (Å²) in [5, 5.41) is 0.180. The van der Waals surface area contributed by atoms with E-state index in [1.807, 2.05) is 12.1 Å². The fourth-order valence-electron chi connectivity index (χ4n) is 2.05. The third-order valence-corrected chi connectivity index (χ3v) is 3.40. The standard InChI is InChI=1S/C13H17ClO/c1-10-5-4-6-11(9-10)15-13-8-3-2-7-12(13)14/h4-6,9,12-13H,2-3,7-8H2,1H3/t12-,13+/m1/s1. The zero-order valence-electron chi connectivity index (χ0n) is 9.08. The molecule has 0 aliphatic heterocycles. The van der Waals surface area contributed by atoms with Crippen molar-refractivity contribution in [3.8, 4) is 5.75 Å². The van der Waals surface area contributed by atoms with Gasteiger partial charge in [-0.05, 0) is 43.9 Å². The summed E-state index contributed by atoms with van der Waals surface area (Å²) in [5.41, 5.74) is 1.23. The van der Waals surface area contributed by atoms with Gasteiger partial charge in [0.25, 0.3) is 0 Å². The minimum absolute atomic E-state index is 0.180. The molecular weight excluding hydrogens is 208 g/mol. The molecule has 2 heteroatoms. The van der Waals surface area contributed by atoms with Crippen molar-refractivity contribution in [3.63, 3.8) is 0 Å². The number of hydrogen-bond acceptors (Lipinski definition) is 1. The predicted octanol–water partition coefficient (Wildman–Crippen LogP) is 3.92. The highest BCUT2D eigenvalue weighted by molar-refractivity contribution is 6.21. The SMILES string of the molecule is Cc1cccc(O[C@H]2CCCC[C@H]2Cl)c1. The second kappa shape index (κ2) is 4.89. The second-order valence-electron chi connectivity index (χ2n) is 4.27. The van der Waals surface area contributed by atoms with Crippen LogP contribution < -0.4 is 4.74 Å². The van der Waals surface area contributed by atoms with Crippen molar-refractivity contribution in [2.45, 2.75) is 44.1 Å². The number of benzene rings is 1. The minimum Gasteiger partial charge on any atom is -0.489 e. The summed E-state index contributed by atoms with van der Waals surface area (Å²) in [6.07, 6.45) is 4.84. The molecule has 1 fully saturated rings. The van der Waals surface area contributed by atoms with E-state index in [1.165, 1.54) is 18.4 Å². The van der Waals surface area contributed by atoms with Crippen molar-refractivity contribution in [2.75, 3.05) is 0 Å².